The third-order valence-corrected chi connectivity index (χ3v) is 5.64. The number of hydrogen-bond donors (Lipinski definition) is 0. The second kappa shape index (κ2) is 10.4. The molecule has 0 unspecified atom stereocenters. The van der Waals surface area contributed by atoms with Crippen molar-refractivity contribution >= 4 is 12.0 Å². The van der Waals surface area contributed by atoms with E-state index in [-0.39, 0.29) is 11.9 Å². The van der Waals surface area contributed by atoms with Crippen molar-refractivity contribution in [3.05, 3.63) is 59.8 Å². The van der Waals surface area contributed by atoms with Crippen molar-refractivity contribution in [3.8, 4) is 0 Å². The third-order valence-electron chi connectivity index (χ3n) is 5.64. The van der Waals surface area contributed by atoms with E-state index in [1.165, 1.54) is 11.8 Å². The monoisotopic (exact) mass is 396 g/mol. The summed E-state index contributed by atoms with van der Waals surface area (Å²) in [5.74, 6) is 0.535. The van der Waals surface area contributed by atoms with Gasteiger partial charge in [-0.05, 0) is 18.9 Å². The number of nitrogens with zero attached hydrogens (tertiary/aromatic N) is 4. The lowest BCUT2D eigenvalue weighted by Gasteiger charge is -2.33. The molecule has 0 N–H and O–H groups in total. The van der Waals surface area contributed by atoms with Gasteiger partial charge >= 0.3 is 0 Å². The summed E-state index contributed by atoms with van der Waals surface area (Å²) in [5, 5.41) is 0. The minimum absolute atomic E-state index is 0.0793. The van der Waals surface area contributed by atoms with Crippen LogP contribution in [0.5, 0.6) is 0 Å². The number of hydrogen-bond acceptors (Lipinski definition) is 5. The maximum atomic E-state index is 12.5. The molecule has 0 radical (unpaired) electrons. The highest BCUT2D eigenvalue weighted by atomic mass is 16.3. The molecule has 29 heavy (non-hydrogen) atoms. The molecule has 156 valence electrons. The van der Waals surface area contributed by atoms with Gasteiger partial charge in [0, 0.05) is 45.8 Å². The first-order valence-electron chi connectivity index (χ1n) is 10.4. The van der Waals surface area contributed by atoms with E-state index in [9.17, 15) is 4.79 Å². The molecule has 1 amide bonds. The van der Waals surface area contributed by atoms with Crippen LogP contribution in [0.15, 0.2) is 47.1 Å². The van der Waals surface area contributed by atoms with Crippen LogP contribution in [-0.2, 0) is 6.54 Å². The molecule has 1 aromatic heterocycles. The average molecular weight is 397 g/mol. The van der Waals surface area contributed by atoms with Gasteiger partial charge in [0.25, 0.3) is 5.91 Å². The van der Waals surface area contributed by atoms with Crippen LogP contribution in [0.2, 0.25) is 0 Å². The van der Waals surface area contributed by atoms with Crippen LogP contribution in [0.4, 0.5) is 0 Å². The molecule has 1 aliphatic rings. The molecule has 0 bridgehead atoms. The Balaban J connectivity index is 1.43. The molecule has 6 nitrogen and oxygen atoms in total. The molecule has 1 aliphatic heterocycles. The standard InChI is InChI=1S/C23H32N4O2/c1-4-19(2)25(3)23(28)21-18-29-22(24-21)17-27-15-13-26(14-16-27)12-8-11-20-9-6-5-7-10-20/h5-11,18-19H,4,12-17H2,1-3H3/b11-8+/t19-/m1/s1. The van der Waals surface area contributed by atoms with E-state index in [1.807, 2.05) is 20.0 Å². The second-order valence-corrected chi connectivity index (χ2v) is 7.69. The highest BCUT2D eigenvalue weighted by Gasteiger charge is 2.22. The molecular weight excluding hydrogens is 364 g/mol. The quantitative estimate of drug-likeness (QED) is 0.685. The largest absolute Gasteiger partial charge is 0.447 e. The van der Waals surface area contributed by atoms with Gasteiger partial charge in [0.15, 0.2) is 5.69 Å². The first kappa shape index (κ1) is 21.3. The third kappa shape index (κ3) is 6.02. The summed E-state index contributed by atoms with van der Waals surface area (Å²) < 4.78 is 5.57. The first-order chi connectivity index (χ1) is 14.1. The number of carbonyl (C=O) groups excluding carboxylic acids is 1. The Bertz CT molecular complexity index is 794. The fourth-order valence-electron chi connectivity index (χ4n) is 3.36. The van der Waals surface area contributed by atoms with Gasteiger partial charge in [-0.2, -0.15) is 0 Å². The number of carbonyl (C=O) groups is 1. The number of amides is 1. The predicted molar refractivity (Wildman–Crippen MR) is 116 cm³/mol. The molecule has 2 aromatic rings. The van der Waals surface area contributed by atoms with Crippen molar-refractivity contribution in [1.29, 1.82) is 0 Å². The lowest BCUT2D eigenvalue weighted by atomic mass is 10.2. The van der Waals surface area contributed by atoms with E-state index < -0.39 is 0 Å². The van der Waals surface area contributed by atoms with E-state index in [2.05, 4.69) is 58.1 Å². The number of rotatable bonds is 8. The van der Waals surface area contributed by atoms with Crippen molar-refractivity contribution in [2.24, 2.45) is 0 Å². The summed E-state index contributed by atoms with van der Waals surface area (Å²) >= 11 is 0. The Labute approximate surface area is 173 Å². The summed E-state index contributed by atoms with van der Waals surface area (Å²) in [6.45, 7) is 9.68. The number of aromatic nitrogens is 1. The Morgan fingerprint density at radius 1 is 1.21 bits per heavy atom. The molecule has 1 atom stereocenters. The zero-order valence-corrected chi connectivity index (χ0v) is 17.8. The summed E-state index contributed by atoms with van der Waals surface area (Å²) in [6.07, 6.45) is 6.80. The van der Waals surface area contributed by atoms with Crippen LogP contribution in [0, 0.1) is 0 Å². The fourth-order valence-corrected chi connectivity index (χ4v) is 3.36. The van der Waals surface area contributed by atoms with E-state index in [1.54, 1.807) is 4.90 Å². The molecule has 1 aromatic carbocycles. The summed E-state index contributed by atoms with van der Waals surface area (Å²) in [6, 6.07) is 10.6. The molecule has 1 saturated heterocycles. The first-order valence-corrected chi connectivity index (χ1v) is 10.4. The van der Waals surface area contributed by atoms with Gasteiger partial charge in [0.2, 0.25) is 5.89 Å². The van der Waals surface area contributed by atoms with E-state index >= 15 is 0 Å². The minimum Gasteiger partial charge on any atom is -0.447 e. The van der Waals surface area contributed by atoms with Crippen LogP contribution in [0.25, 0.3) is 6.08 Å². The van der Waals surface area contributed by atoms with E-state index in [0.29, 0.717) is 18.1 Å². The molecule has 0 saturated carbocycles. The maximum absolute atomic E-state index is 12.5. The van der Waals surface area contributed by atoms with E-state index in [0.717, 1.165) is 39.1 Å². The van der Waals surface area contributed by atoms with E-state index in [4.69, 9.17) is 4.42 Å². The van der Waals surface area contributed by atoms with Crippen molar-refractivity contribution in [3.63, 3.8) is 0 Å². The zero-order valence-electron chi connectivity index (χ0n) is 17.8. The van der Waals surface area contributed by atoms with Crippen LogP contribution in [-0.4, -0.2) is 71.4 Å². The predicted octanol–water partition coefficient (Wildman–Crippen LogP) is 3.38. The van der Waals surface area contributed by atoms with Gasteiger partial charge < -0.3 is 9.32 Å². The molecule has 2 heterocycles. The lowest BCUT2D eigenvalue weighted by molar-refractivity contribution is 0.0734. The zero-order chi connectivity index (χ0) is 20.6. The summed E-state index contributed by atoms with van der Waals surface area (Å²) in [5.41, 5.74) is 1.63. The molecule has 0 aliphatic carbocycles. The molecule has 1 fully saturated rings. The fraction of sp³-hybridized carbons (Fsp3) is 0.478. The van der Waals surface area contributed by atoms with Crippen molar-refractivity contribution in [2.45, 2.75) is 32.9 Å². The van der Waals surface area contributed by atoms with Gasteiger partial charge in [-0.1, -0.05) is 49.4 Å². The Hall–Kier alpha value is -2.44. The minimum atomic E-state index is -0.0793. The lowest BCUT2D eigenvalue weighted by Crippen LogP contribution is -2.45. The van der Waals surface area contributed by atoms with Crippen LogP contribution in [0.1, 0.15) is 42.2 Å². The Morgan fingerprint density at radius 3 is 2.59 bits per heavy atom. The van der Waals surface area contributed by atoms with Crippen LogP contribution < -0.4 is 0 Å². The second-order valence-electron chi connectivity index (χ2n) is 7.69. The molecule has 3 rings (SSSR count). The average Bonchev–Trinajstić information content (AvgIpc) is 3.22. The maximum Gasteiger partial charge on any atom is 0.275 e. The summed E-state index contributed by atoms with van der Waals surface area (Å²) in [4.78, 5) is 23.4. The molecular formula is C23H32N4O2. The van der Waals surface area contributed by atoms with Crippen molar-refractivity contribution in [1.82, 2.24) is 19.7 Å². The van der Waals surface area contributed by atoms with Gasteiger partial charge in [-0.15, -0.1) is 0 Å². The molecule has 0 spiro atoms. The summed E-state index contributed by atoms with van der Waals surface area (Å²) in [7, 11) is 1.82. The smallest absolute Gasteiger partial charge is 0.275 e. The van der Waals surface area contributed by atoms with Crippen LogP contribution in [0.3, 0.4) is 0 Å². The Kier molecular flexibility index (Phi) is 7.61. The number of piperazine rings is 1. The highest BCUT2D eigenvalue weighted by Crippen LogP contribution is 2.12. The topological polar surface area (TPSA) is 52.8 Å². The van der Waals surface area contributed by atoms with Gasteiger partial charge in [-0.25, -0.2) is 4.98 Å². The van der Waals surface area contributed by atoms with Gasteiger partial charge in [0.05, 0.1) is 6.54 Å². The number of benzene rings is 1. The molecule has 6 heteroatoms. The SMILES string of the molecule is CC[C@@H](C)N(C)C(=O)c1coc(CN2CCN(C/C=C/c3ccccc3)CC2)n1. The van der Waals surface area contributed by atoms with Gasteiger partial charge in [-0.3, -0.25) is 14.6 Å². The number of oxazole rings is 1. The Morgan fingerprint density at radius 2 is 1.90 bits per heavy atom. The van der Waals surface area contributed by atoms with Crippen molar-refractivity contribution < 1.29 is 9.21 Å². The normalized spacial score (nSPS) is 16.9. The highest BCUT2D eigenvalue weighted by molar-refractivity contribution is 5.92. The van der Waals surface area contributed by atoms with Gasteiger partial charge in [0.1, 0.15) is 6.26 Å². The van der Waals surface area contributed by atoms with Crippen molar-refractivity contribution in [2.75, 3.05) is 39.8 Å². The van der Waals surface area contributed by atoms with Crippen LogP contribution >= 0.6 is 0 Å².